The topological polar surface area (TPSA) is 65.8 Å². The van der Waals surface area contributed by atoms with Gasteiger partial charge in [0.15, 0.2) is 11.5 Å². The van der Waals surface area contributed by atoms with Gasteiger partial charge in [-0.3, -0.25) is 0 Å². The van der Waals surface area contributed by atoms with Crippen molar-refractivity contribution in [3.05, 3.63) is 48.9 Å². The number of nitrogens with zero attached hydrogens (tertiary/aromatic N) is 1. The van der Waals surface area contributed by atoms with Gasteiger partial charge in [0, 0.05) is 36.4 Å². The Bertz CT molecular complexity index is 1100. The zero-order chi connectivity index (χ0) is 19.5. The summed E-state index contributed by atoms with van der Waals surface area (Å²) in [5.74, 6) is 2.17. The number of anilines is 1. The largest absolute Gasteiger partial charge is 0.493 e. The normalized spacial score (nSPS) is 11.1. The third-order valence-electron chi connectivity index (χ3n) is 4.72. The molecule has 4 aromatic rings. The molecule has 0 aliphatic rings. The molecule has 0 amide bonds. The SMILES string of the molecule is COCCNc1ccc(-c2c3cc(OC)c(OC)cc3cc3ccoc23)cn1. The predicted molar refractivity (Wildman–Crippen MR) is 110 cm³/mol. The highest BCUT2D eigenvalue weighted by Gasteiger charge is 2.16. The van der Waals surface area contributed by atoms with Crippen molar-refractivity contribution in [1.82, 2.24) is 4.98 Å². The maximum atomic E-state index is 5.82. The molecule has 0 aliphatic heterocycles. The van der Waals surface area contributed by atoms with Crippen molar-refractivity contribution in [2.45, 2.75) is 0 Å². The molecule has 0 fully saturated rings. The fraction of sp³-hybridized carbons (Fsp3) is 0.227. The molecule has 28 heavy (non-hydrogen) atoms. The van der Waals surface area contributed by atoms with Gasteiger partial charge in [-0.2, -0.15) is 0 Å². The number of aromatic nitrogens is 1. The maximum absolute atomic E-state index is 5.82. The number of methoxy groups -OCH3 is 3. The van der Waals surface area contributed by atoms with Gasteiger partial charge in [-0.25, -0.2) is 4.98 Å². The number of pyridine rings is 1. The van der Waals surface area contributed by atoms with Crippen LogP contribution in [-0.4, -0.2) is 39.5 Å². The number of hydrogen-bond acceptors (Lipinski definition) is 6. The zero-order valence-electron chi connectivity index (χ0n) is 16.1. The zero-order valence-corrected chi connectivity index (χ0v) is 16.1. The number of hydrogen-bond donors (Lipinski definition) is 1. The summed E-state index contributed by atoms with van der Waals surface area (Å²) in [4.78, 5) is 4.54. The molecule has 0 aliphatic carbocycles. The van der Waals surface area contributed by atoms with Crippen molar-refractivity contribution >= 4 is 27.6 Å². The molecule has 6 nitrogen and oxygen atoms in total. The molecular weight excluding hydrogens is 356 g/mol. The van der Waals surface area contributed by atoms with E-state index in [1.165, 1.54) is 0 Å². The van der Waals surface area contributed by atoms with Crippen LogP contribution in [0.5, 0.6) is 11.5 Å². The Balaban J connectivity index is 1.87. The van der Waals surface area contributed by atoms with Crippen LogP contribution in [0.1, 0.15) is 0 Å². The minimum atomic E-state index is 0.626. The van der Waals surface area contributed by atoms with Crippen molar-refractivity contribution < 1.29 is 18.6 Å². The van der Waals surface area contributed by atoms with Gasteiger partial charge in [-0.15, -0.1) is 0 Å². The lowest BCUT2D eigenvalue weighted by atomic mass is 9.96. The fourth-order valence-corrected chi connectivity index (χ4v) is 3.37. The number of ether oxygens (including phenoxy) is 3. The van der Waals surface area contributed by atoms with Crippen LogP contribution >= 0.6 is 0 Å². The van der Waals surface area contributed by atoms with Gasteiger partial charge in [0.25, 0.3) is 0 Å². The van der Waals surface area contributed by atoms with Crippen LogP contribution in [0.25, 0.3) is 32.9 Å². The quantitative estimate of drug-likeness (QED) is 0.469. The van der Waals surface area contributed by atoms with Crippen molar-refractivity contribution in [1.29, 1.82) is 0 Å². The minimum Gasteiger partial charge on any atom is -0.493 e. The van der Waals surface area contributed by atoms with Gasteiger partial charge in [-0.05, 0) is 47.2 Å². The molecule has 0 saturated heterocycles. The van der Waals surface area contributed by atoms with Gasteiger partial charge in [0.2, 0.25) is 0 Å². The van der Waals surface area contributed by atoms with E-state index in [0.717, 1.165) is 38.7 Å². The summed E-state index contributed by atoms with van der Waals surface area (Å²) >= 11 is 0. The average Bonchev–Trinajstić information content (AvgIpc) is 3.19. The molecule has 1 N–H and O–H groups in total. The summed E-state index contributed by atoms with van der Waals surface area (Å²) in [5.41, 5.74) is 2.77. The van der Waals surface area contributed by atoms with E-state index in [1.54, 1.807) is 27.6 Å². The minimum absolute atomic E-state index is 0.626. The Morgan fingerprint density at radius 2 is 1.79 bits per heavy atom. The second-order valence-electron chi connectivity index (χ2n) is 6.37. The van der Waals surface area contributed by atoms with Gasteiger partial charge in [-0.1, -0.05) is 0 Å². The van der Waals surface area contributed by atoms with Crippen LogP contribution in [0, 0.1) is 0 Å². The third kappa shape index (κ3) is 3.23. The highest BCUT2D eigenvalue weighted by Crippen LogP contribution is 2.41. The molecule has 0 bridgehead atoms. The number of rotatable bonds is 7. The van der Waals surface area contributed by atoms with E-state index in [9.17, 15) is 0 Å². The Morgan fingerprint density at radius 1 is 0.964 bits per heavy atom. The first-order valence-electron chi connectivity index (χ1n) is 9.00. The van der Waals surface area contributed by atoms with Gasteiger partial charge in [0.05, 0.1) is 27.1 Å². The van der Waals surface area contributed by atoms with E-state index in [-0.39, 0.29) is 0 Å². The second-order valence-corrected chi connectivity index (χ2v) is 6.37. The van der Waals surface area contributed by atoms with Crippen LogP contribution in [-0.2, 0) is 4.74 Å². The van der Waals surface area contributed by atoms with Crippen LogP contribution in [0.3, 0.4) is 0 Å². The van der Waals surface area contributed by atoms with E-state index in [4.69, 9.17) is 18.6 Å². The summed E-state index contributed by atoms with van der Waals surface area (Å²) in [6.07, 6.45) is 3.55. The molecule has 0 unspecified atom stereocenters. The molecule has 6 heteroatoms. The third-order valence-corrected chi connectivity index (χ3v) is 4.72. The summed E-state index contributed by atoms with van der Waals surface area (Å²) in [7, 11) is 4.95. The molecule has 2 aromatic heterocycles. The first-order valence-corrected chi connectivity index (χ1v) is 9.00. The first kappa shape index (κ1) is 18.1. The highest BCUT2D eigenvalue weighted by atomic mass is 16.5. The highest BCUT2D eigenvalue weighted by molar-refractivity contribution is 6.11. The van der Waals surface area contributed by atoms with Crippen molar-refractivity contribution in [2.24, 2.45) is 0 Å². The predicted octanol–water partition coefficient (Wildman–Crippen LogP) is 4.72. The molecular formula is C22H22N2O4. The molecule has 144 valence electrons. The van der Waals surface area contributed by atoms with E-state index >= 15 is 0 Å². The van der Waals surface area contributed by atoms with E-state index in [1.807, 2.05) is 36.5 Å². The summed E-state index contributed by atoms with van der Waals surface area (Å²) in [6.45, 7) is 1.33. The molecule has 0 radical (unpaired) electrons. The van der Waals surface area contributed by atoms with E-state index in [2.05, 4.69) is 16.4 Å². The number of benzene rings is 2. The summed E-state index contributed by atoms with van der Waals surface area (Å²) < 4.78 is 21.9. The summed E-state index contributed by atoms with van der Waals surface area (Å²) in [5, 5.41) is 6.32. The fourth-order valence-electron chi connectivity index (χ4n) is 3.37. The smallest absolute Gasteiger partial charge is 0.161 e. The molecule has 0 atom stereocenters. The van der Waals surface area contributed by atoms with Crippen molar-refractivity contribution in [3.8, 4) is 22.6 Å². The maximum Gasteiger partial charge on any atom is 0.161 e. The first-order chi connectivity index (χ1) is 13.7. The molecule has 0 saturated carbocycles. The molecule has 2 heterocycles. The molecule has 0 spiro atoms. The Morgan fingerprint density at radius 3 is 2.50 bits per heavy atom. The van der Waals surface area contributed by atoms with Gasteiger partial charge in [0.1, 0.15) is 11.4 Å². The Kier molecular flexibility index (Phi) is 5.04. The van der Waals surface area contributed by atoms with Crippen LogP contribution in [0.15, 0.2) is 53.3 Å². The summed E-state index contributed by atoms with van der Waals surface area (Å²) in [6, 6.07) is 12.0. The van der Waals surface area contributed by atoms with Crippen LogP contribution < -0.4 is 14.8 Å². The monoisotopic (exact) mass is 378 g/mol. The van der Waals surface area contributed by atoms with Crippen LogP contribution in [0.2, 0.25) is 0 Å². The second kappa shape index (κ2) is 7.78. The van der Waals surface area contributed by atoms with Gasteiger partial charge < -0.3 is 23.9 Å². The van der Waals surface area contributed by atoms with Gasteiger partial charge >= 0.3 is 0 Å². The lowest BCUT2D eigenvalue weighted by molar-refractivity contribution is 0.210. The van der Waals surface area contributed by atoms with Crippen molar-refractivity contribution in [3.63, 3.8) is 0 Å². The number of nitrogens with one attached hydrogen (secondary N) is 1. The number of furan rings is 1. The molecule has 4 rings (SSSR count). The lowest BCUT2D eigenvalue weighted by Gasteiger charge is -2.13. The lowest BCUT2D eigenvalue weighted by Crippen LogP contribution is -2.08. The van der Waals surface area contributed by atoms with Crippen LogP contribution in [0.4, 0.5) is 5.82 Å². The van der Waals surface area contributed by atoms with E-state index in [0.29, 0.717) is 24.7 Å². The Hall–Kier alpha value is -3.25. The molecule has 2 aromatic carbocycles. The average molecular weight is 378 g/mol. The van der Waals surface area contributed by atoms with Crippen molar-refractivity contribution in [2.75, 3.05) is 39.8 Å². The standard InChI is InChI=1S/C22H22N2O4/c1-25-9-7-23-20-5-4-15(13-24-20)21-17-12-19(27-3)18(26-2)11-16(17)10-14-6-8-28-22(14)21/h4-6,8,10-13H,7,9H2,1-3H3,(H,23,24). The number of fused-ring (bicyclic) bond motifs is 2. The van der Waals surface area contributed by atoms with E-state index < -0.39 is 0 Å². The Labute approximate surface area is 163 Å².